The van der Waals surface area contributed by atoms with Gasteiger partial charge in [0.25, 0.3) is 5.91 Å². The number of carbonyl (C=O) groups is 1. The van der Waals surface area contributed by atoms with Gasteiger partial charge in [0, 0.05) is 28.9 Å². The molecular formula is C16H15N5OS2. The van der Waals surface area contributed by atoms with Crippen LogP contribution in [0.4, 0.5) is 0 Å². The Morgan fingerprint density at radius 1 is 1.25 bits per heavy atom. The first-order valence-corrected chi connectivity index (χ1v) is 9.16. The van der Waals surface area contributed by atoms with Crippen molar-refractivity contribution in [1.29, 1.82) is 0 Å². The molecule has 0 saturated carbocycles. The minimum absolute atomic E-state index is 0.0936. The standard InChI is InChI=1S/C16H15N5OS2/c1-8-12-9(2)18-10(3)19-15(12)24-13(8)14(22)17-6-11-7-21-4-5-23-16(21)20-11/h4-5,7H,6H2,1-3H3,(H,17,22). The first-order valence-electron chi connectivity index (χ1n) is 7.46. The summed E-state index contributed by atoms with van der Waals surface area (Å²) >= 11 is 2.99. The minimum atomic E-state index is -0.0936. The van der Waals surface area contributed by atoms with Crippen molar-refractivity contribution in [3.05, 3.63) is 45.4 Å². The molecule has 0 bridgehead atoms. The van der Waals surface area contributed by atoms with Gasteiger partial charge in [0.05, 0.1) is 17.1 Å². The van der Waals surface area contributed by atoms with Crippen LogP contribution in [0.5, 0.6) is 0 Å². The lowest BCUT2D eigenvalue weighted by Gasteiger charge is -2.02. The van der Waals surface area contributed by atoms with Crippen molar-refractivity contribution in [2.75, 3.05) is 0 Å². The van der Waals surface area contributed by atoms with Gasteiger partial charge in [-0.05, 0) is 26.3 Å². The van der Waals surface area contributed by atoms with Crippen LogP contribution in [0.3, 0.4) is 0 Å². The van der Waals surface area contributed by atoms with Gasteiger partial charge in [-0.2, -0.15) is 0 Å². The number of aryl methyl sites for hydroxylation is 3. The molecule has 0 aliphatic heterocycles. The molecule has 0 atom stereocenters. The van der Waals surface area contributed by atoms with Gasteiger partial charge in [-0.25, -0.2) is 15.0 Å². The Morgan fingerprint density at radius 3 is 2.88 bits per heavy atom. The van der Waals surface area contributed by atoms with Gasteiger partial charge < -0.3 is 5.32 Å². The highest BCUT2D eigenvalue weighted by atomic mass is 32.1. The average Bonchev–Trinajstić information content (AvgIpc) is 3.17. The Bertz CT molecular complexity index is 1050. The summed E-state index contributed by atoms with van der Waals surface area (Å²) < 4.78 is 1.96. The van der Waals surface area contributed by atoms with E-state index in [2.05, 4.69) is 20.3 Å². The molecule has 0 aliphatic carbocycles. The van der Waals surface area contributed by atoms with Crippen LogP contribution in [0.2, 0.25) is 0 Å². The van der Waals surface area contributed by atoms with Crippen molar-refractivity contribution in [3.63, 3.8) is 0 Å². The lowest BCUT2D eigenvalue weighted by Crippen LogP contribution is -2.22. The maximum Gasteiger partial charge on any atom is 0.262 e. The van der Waals surface area contributed by atoms with E-state index in [0.717, 1.165) is 38.0 Å². The number of hydrogen-bond donors (Lipinski definition) is 1. The molecular weight excluding hydrogens is 342 g/mol. The normalized spacial score (nSPS) is 11.5. The van der Waals surface area contributed by atoms with Gasteiger partial charge in [-0.15, -0.1) is 22.7 Å². The zero-order valence-electron chi connectivity index (χ0n) is 13.5. The number of thiophene rings is 1. The van der Waals surface area contributed by atoms with Crippen molar-refractivity contribution in [2.24, 2.45) is 0 Å². The third-order valence-corrected chi connectivity index (χ3v) is 5.82. The van der Waals surface area contributed by atoms with Gasteiger partial charge in [-0.1, -0.05) is 0 Å². The van der Waals surface area contributed by atoms with E-state index in [0.29, 0.717) is 11.4 Å². The van der Waals surface area contributed by atoms with Gasteiger partial charge in [0.1, 0.15) is 10.7 Å². The molecule has 4 aromatic rings. The Kier molecular flexibility index (Phi) is 3.58. The van der Waals surface area contributed by atoms with Crippen LogP contribution in [-0.2, 0) is 6.54 Å². The summed E-state index contributed by atoms with van der Waals surface area (Å²) in [5, 5.41) is 5.92. The van der Waals surface area contributed by atoms with Crippen molar-refractivity contribution in [3.8, 4) is 0 Å². The lowest BCUT2D eigenvalue weighted by atomic mass is 10.1. The molecule has 0 aromatic carbocycles. The van der Waals surface area contributed by atoms with E-state index in [4.69, 9.17) is 0 Å². The number of imidazole rings is 1. The van der Waals surface area contributed by atoms with Gasteiger partial charge in [0.15, 0.2) is 4.96 Å². The molecule has 0 radical (unpaired) electrons. The fourth-order valence-electron chi connectivity index (χ4n) is 2.80. The third-order valence-electron chi connectivity index (χ3n) is 3.86. The van der Waals surface area contributed by atoms with Crippen molar-refractivity contribution in [2.45, 2.75) is 27.3 Å². The SMILES string of the molecule is Cc1nc(C)c2c(C)c(C(=O)NCc3cn4ccsc4n3)sc2n1. The second-order valence-electron chi connectivity index (χ2n) is 5.60. The van der Waals surface area contributed by atoms with E-state index in [1.165, 1.54) is 11.3 Å². The van der Waals surface area contributed by atoms with Crippen LogP contribution in [0.1, 0.15) is 32.4 Å². The summed E-state index contributed by atoms with van der Waals surface area (Å²) in [5.41, 5.74) is 2.70. The molecule has 1 amide bonds. The number of amides is 1. The zero-order valence-corrected chi connectivity index (χ0v) is 15.1. The second kappa shape index (κ2) is 5.64. The van der Waals surface area contributed by atoms with Crippen LogP contribution in [0, 0.1) is 20.8 Å². The molecule has 8 heteroatoms. The molecule has 4 rings (SSSR count). The fraction of sp³-hybridized carbons (Fsp3) is 0.250. The van der Waals surface area contributed by atoms with Crippen LogP contribution < -0.4 is 5.32 Å². The largest absolute Gasteiger partial charge is 0.346 e. The Labute approximate surface area is 146 Å². The van der Waals surface area contributed by atoms with Crippen LogP contribution >= 0.6 is 22.7 Å². The Balaban J connectivity index is 1.60. The monoisotopic (exact) mass is 357 g/mol. The fourth-order valence-corrected chi connectivity index (χ4v) is 4.72. The van der Waals surface area contributed by atoms with E-state index >= 15 is 0 Å². The molecule has 0 unspecified atom stereocenters. The third kappa shape index (κ3) is 2.47. The van der Waals surface area contributed by atoms with Gasteiger partial charge >= 0.3 is 0 Å². The molecule has 4 heterocycles. The molecule has 0 aliphatic rings. The predicted molar refractivity (Wildman–Crippen MR) is 95.9 cm³/mol. The maximum absolute atomic E-state index is 12.6. The predicted octanol–water partition coefficient (Wildman–Crippen LogP) is 3.26. The summed E-state index contributed by atoms with van der Waals surface area (Å²) in [6.07, 6.45) is 3.89. The van der Waals surface area contributed by atoms with Crippen molar-refractivity contribution < 1.29 is 4.79 Å². The van der Waals surface area contributed by atoms with E-state index in [-0.39, 0.29) is 5.91 Å². The number of hydrogen-bond acceptors (Lipinski definition) is 6. The molecule has 24 heavy (non-hydrogen) atoms. The molecule has 0 saturated heterocycles. The lowest BCUT2D eigenvalue weighted by molar-refractivity contribution is 0.0954. The van der Waals surface area contributed by atoms with E-state index in [1.54, 1.807) is 11.3 Å². The summed E-state index contributed by atoms with van der Waals surface area (Å²) in [5.74, 6) is 0.634. The number of aromatic nitrogens is 4. The summed E-state index contributed by atoms with van der Waals surface area (Å²) in [4.78, 5) is 28.4. The van der Waals surface area contributed by atoms with E-state index in [1.807, 2.05) is 42.9 Å². The average molecular weight is 357 g/mol. The van der Waals surface area contributed by atoms with E-state index in [9.17, 15) is 4.79 Å². The smallest absolute Gasteiger partial charge is 0.262 e. The van der Waals surface area contributed by atoms with Gasteiger partial charge in [-0.3, -0.25) is 9.20 Å². The quantitative estimate of drug-likeness (QED) is 0.611. The highest BCUT2D eigenvalue weighted by Gasteiger charge is 2.18. The van der Waals surface area contributed by atoms with Crippen LogP contribution in [0.15, 0.2) is 17.8 Å². The van der Waals surface area contributed by atoms with E-state index < -0.39 is 0 Å². The first-order chi connectivity index (χ1) is 11.5. The molecule has 0 spiro atoms. The number of nitrogens with one attached hydrogen (secondary N) is 1. The number of thiazole rings is 1. The minimum Gasteiger partial charge on any atom is -0.346 e. The summed E-state index contributed by atoms with van der Waals surface area (Å²) in [7, 11) is 0. The topological polar surface area (TPSA) is 72.2 Å². The van der Waals surface area contributed by atoms with Crippen LogP contribution in [0.25, 0.3) is 15.2 Å². The second-order valence-corrected chi connectivity index (χ2v) is 7.47. The molecule has 6 nitrogen and oxygen atoms in total. The molecule has 0 fully saturated rings. The van der Waals surface area contributed by atoms with Gasteiger partial charge in [0.2, 0.25) is 0 Å². The molecule has 4 aromatic heterocycles. The van der Waals surface area contributed by atoms with Crippen molar-refractivity contribution >= 4 is 43.8 Å². The number of fused-ring (bicyclic) bond motifs is 2. The number of carbonyl (C=O) groups excluding carboxylic acids is 1. The Morgan fingerprint density at radius 2 is 2.08 bits per heavy atom. The highest BCUT2D eigenvalue weighted by Crippen LogP contribution is 2.31. The molecule has 122 valence electrons. The van der Waals surface area contributed by atoms with Crippen molar-refractivity contribution in [1.82, 2.24) is 24.7 Å². The number of rotatable bonds is 3. The molecule has 1 N–H and O–H groups in total. The van der Waals surface area contributed by atoms with Crippen LogP contribution in [-0.4, -0.2) is 25.3 Å². The highest BCUT2D eigenvalue weighted by molar-refractivity contribution is 7.20. The Hall–Kier alpha value is -2.32. The first kappa shape index (κ1) is 15.2. The maximum atomic E-state index is 12.6. The summed E-state index contributed by atoms with van der Waals surface area (Å²) in [6, 6.07) is 0. The number of nitrogens with zero attached hydrogens (tertiary/aromatic N) is 4. The zero-order chi connectivity index (χ0) is 16.8. The summed E-state index contributed by atoms with van der Waals surface area (Å²) in [6.45, 7) is 6.18.